The van der Waals surface area contributed by atoms with Crippen LogP contribution in [-0.4, -0.2) is 19.0 Å². The molecule has 0 bridgehead atoms. The molecule has 0 atom stereocenters. The molecule has 0 saturated carbocycles. The first kappa shape index (κ1) is 9.06. The highest BCUT2D eigenvalue weighted by Crippen LogP contribution is 2.30. The van der Waals surface area contributed by atoms with Crippen LogP contribution >= 0.6 is 0 Å². The monoisotopic (exact) mass is 190 g/mol. The van der Waals surface area contributed by atoms with Gasteiger partial charge in [-0.2, -0.15) is 0 Å². The van der Waals surface area contributed by atoms with Crippen molar-refractivity contribution in [3.8, 4) is 5.75 Å². The van der Waals surface area contributed by atoms with Crippen LogP contribution in [0.1, 0.15) is 13.3 Å². The van der Waals surface area contributed by atoms with Crippen molar-refractivity contribution in [1.29, 1.82) is 5.41 Å². The molecular formula is C11H14N2O. The summed E-state index contributed by atoms with van der Waals surface area (Å²) in [6.07, 6.45) is 0.963. The lowest BCUT2D eigenvalue weighted by Gasteiger charge is -2.21. The number of nitrogens with zero attached hydrogens (tertiary/aromatic N) is 1. The molecule has 0 fully saturated rings. The van der Waals surface area contributed by atoms with Gasteiger partial charge in [0, 0.05) is 6.54 Å². The van der Waals surface area contributed by atoms with E-state index in [-0.39, 0.29) is 0 Å². The lowest BCUT2D eigenvalue weighted by atomic mass is 10.2. The Morgan fingerprint density at radius 2 is 2.21 bits per heavy atom. The van der Waals surface area contributed by atoms with Gasteiger partial charge in [0.25, 0.3) is 0 Å². The van der Waals surface area contributed by atoms with E-state index < -0.39 is 0 Å². The smallest absolute Gasteiger partial charge is 0.142 e. The molecule has 1 heterocycles. The summed E-state index contributed by atoms with van der Waals surface area (Å²) in [6.45, 7) is 3.41. The molecule has 3 heteroatoms. The maximum Gasteiger partial charge on any atom is 0.142 e. The van der Waals surface area contributed by atoms with Crippen LogP contribution in [0.25, 0.3) is 0 Å². The summed E-state index contributed by atoms with van der Waals surface area (Å²) in [7, 11) is 0. The summed E-state index contributed by atoms with van der Waals surface area (Å²) in [4.78, 5) is 1.99. The summed E-state index contributed by atoms with van der Waals surface area (Å²) in [5.41, 5.74) is 1.01. The zero-order valence-electron chi connectivity index (χ0n) is 8.29. The van der Waals surface area contributed by atoms with Gasteiger partial charge < -0.3 is 9.64 Å². The van der Waals surface area contributed by atoms with Crippen LogP contribution in [0.2, 0.25) is 0 Å². The van der Waals surface area contributed by atoms with E-state index in [1.54, 1.807) is 0 Å². The van der Waals surface area contributed by atoms with Crippen molar-refractivity contribution in [3.05, 3.63) is 24.3 Å². The van der Waals surface area contributed by atoms with Crippen molar-refractivity contribution < 1.29 is 4.74 Å². The van der Waals surface area contributed by atoms with Crippen molar-refractivity contribution in [1.82, 2.24) is 0 Å². The molecule has 1 aromatic carbocycles. The second-order valence-electron chi connectivity index (χ2n) is 3.41. The van der Waals surface area contributed by atoms with Gasteiger partial charge in [-0.25, -0.2) is 0 Å². The Morgan fingerprint density at radius 3 is 3.00 bits per heavy atom. The number of ether oxygens (including phenoxy) is 1. The van der Waals surface area contributed by atoms with Gasteiger partial charge >= 0.3 is 0 Å². The Morgan fingerprint density at radius 1 is 1.43 bits per heavy atom. The second kappa shape index (κ2) is 3.70. The number of anilines is 1. The van der Waals surface area contributed by atoms with E-state index in [2.05, 4.69) is 0 Å². The second-order valence-corrected chi connectivity index (χ2v) is 3.41. The first-order chi connectivity index (χ1) is 6.79. The van der Waals surface area contributed by atoms with Gasteiger partial charge in [-0.3, -0.25) is 5.41 Å². The third-order valence-electron chi connectivity index (χ3n) is 2.34. The summed E-state index contributed by atoms with van der Waals surface area (Å²) in [5, 5.41) is 7.69. The summed E-state index contributed by atoms with van der Waals surface area (Å²) >= 11 is 0. The molecule has 74 valence electrons. The van der Waals surface area contributed by atoms with E-state index in [0.717, 1.165) is 31.0 Å². The third kappa shape index (κ3) is 1.58. The largest absolute Gasteiger partial charge is 0.491 e. The highest BCUT2D eigenvalue weighted by atomic mass is 16.5. The topological polar surface area (TPSA) is 36.3 Å². The first-order valence-electron chi connectivity index (χ1n) is 4.83. The number of hydrogen-bond donors (Lipinski definition) is 1. The molecule has 1 aliphatic heterocycles. The Bertz CT molecular complexity index is 349. The molecule has 1 N–H and O–H groups in total. The summed E-state index contributed by atoms with van der Waals surface area (Å²) in [6, 6.07) is 7.89. The van der Waals surface area contributed by atoms with Crippen LogP contribution in [-0.2, 0) is 0 Å². The van der Waals surface area contributed by atoms with Crippen LogP contribution in [0.15, 0.2) is 24.3 Å². The van der Waals surface area contributed by atoms with Gasteiger partial charge in [0.2, 0.25) is 0 Å². The fourth-order valence-electron chi connectivity index (χ4n) is 1.68. The summed E-state index contributed by atoms with van der Waals surface area (Å²) in [5.74, 6) is 1.46. The van der Waals surface area contributed by atoms with E-state index in [9.17, 15) is 0 Å². The van der Waals surface area contributed by atoms with E-state index >= 15 is 0 Å². The quantitative estimate of drug-likeness (QED) is 0.503. The SMILES string of the molecule is CC(=N)N1CCCOc2ccccc21. The number of hydrogen-bond acceptors (Lipinski definition) is 2. The Balaban J connectivity index is 2.42. The van der Waals surface area contributed by atoms with Crippen LogP contribution < -0.4 is 9.64 Å². The third-order valence-corrected chi connectivity index (χ3v) is 2.34. The van der Waals surface area contributed by atoms with Crippen LogP contribution in [0.3, 0.4) is 0 Å². The molecule has 0 radical (unpaired) electrons. The van der Waals surface area contributed by atoms with Gasteiger partial charge in [0.15, 0.2) is 0 Å². The standard InChI is InChI=1S/C11H14N2O/c1-9(12)13-7-4-8-14-11-6-3-2-5-10(11)13/h2-3,5-6,12H,4,7-8H2,1H3. The molecule has 0 aromatic heterocycles. The molecule has 0 aliphatic carbocycles. The Kier molecular flexibility index (Phi) is 2.39. The van der Waals surface area contributed by atoms with Crippen LogP contribution in [0.4, 0.5) is 5.69 Å². The molecule has 14 heavy (non-hydrogen) atoms. The highest BCUT2D eigenvalue weighted by molar-refractivity contribution is 5.95. The van der Waals surface area contributed by atoms with E-state index in [1.807, 2.05) is 36.1 Å². The van der Waals surface area contributed by atoms with Crippen LogP contribution in [0.5, 0.6) is 5.75 Å². The number of rotatable bonds is 0. The highest BCUT2D eigenvalue weighted by Gasteiger charge is 2.16. The number of para-hydroxylation sites is 2. The maximum absolute atomic E-state index is 7.69. The minimum absolute atomic E-state index is 0.572. The average molecular weight is 190 g/mol. The number of nitrogens with one attached hydrogen (secondary N) is 1. The molecule has 0 amide bonds. The predicted molar refractivity (Wildman–Crippen MR) is 57.3 cm³/mol. The average Bonchev–Trinajstić information content (AvgIpc) is 2.39. The van der Waals surface area contributed by atoms with Crippen molar-refractivity contribution in [3.63, 3.8) is 0 Å². The number of amidine groups is 1. The van der Waals surface area contributed by atoms with E-state index in [0.29, 0.717) is 5.84 Å². The zero-order valence-corrected chi connectivity index (χ0v) is 8.29. The number of fused-ring (bicyclic) bond motifs is 1. The lowest BCUT2D eigenvalue weighted by molar-refractivity contribution is 0.322. The first-order valence-corrected chi connectivity index (χ1v) is 4.83. The van der Waals surface area contributed by atoms with E-state index in [1.165, 1.54) is 0 Å². The Labute approximate surface area is 83.8 Å². The molecule has 2 rings (SSSR count). The van der Waals surface area contributed by atoms with Gasteiger partial charge in [-0.05, 0) is 25.5 Å². The fraction of sp³-hybridized carbons (Fsp3) is 0.364. The molecule has 1 aliphatic rings. The molecule has 3 nitrogen and oxygen atoms in total. The molecule has 0 spiro atoms. The minimum atomic E-state index is 0.572. The number of benzene rings is 1. The van der Waals surface area contributed by atoms with Gasteiger partial charge in [-0.1, -0.05) is 12.1 Å². The van der Waals surface area contributed by atoms with Gasteiger partial charge in [0.1, 0.15) is 5.75 Å². The van der Waals surface area contributed by atoms with Crippen molar-refractivity contribution in [2.75, 3.05) is 18.1 Å². The molecular weight excluding hydrogens is 176 g/mol. The van der Waals surface area contributed by atoms with Crippen molar-refractivity contribution in [2.45, 2.75) is 13.3 Å². The predicted octanol–water partition coefficient (Wildman–Crippen LogP) is 2.27. The van der Waals surface area contributed by atoms with Gasteiger partial charge in [0.05, 0.1) is 18.1 Å². The summed E-state index contributed by atoms with van der Waals surface area (Å²) < 4.78 is 5.59. The normalized spacial score (nSPS) is 15.4. The molecule has 0 saturated heterocycles. The molecule has 0 unspecified atom stereocenters. The fourth-order valence-corrected chi connectivity index (χ4v) is 1.68. The lowest BCUT2D eigenvalue weighted by Crippen LogP contribution is -2.28. The van der Waals surface area contributed by atoms with E-state index in [4.69, 9.17) is 10.1 Å². The molecule has 1 aromatic rings. The zero-order chi connectivity index (χ0) is 9.97. The van der Waals surface area contributed by atoms with Crippen LogP contribution in [0, 0.1) is 5.41 Å². The minimum Gasteiger partial charge on any atom is -0.491 e. The Hall–Kier alpha value is -1.51. The van der Waals surface area contributed by atoms with Gasteiger partial charge in [-0.15, -0.1) is 0 Å². The van der Waals surface area contributed by atoms with Crippen molar-refractivity contribution >= 4 is 11.5 Å². The van der Waals surface area contributed by atoms with Crippen molar-refractivity contribution in [2.24, 2.45) is 0 Å². The maximum atomic E-state index is 7.69.